The molecule has 1 aromatic heterocycles. The van der Waals surface area contributed by atoms with Crippen molar-refractivity contribution >= 4 is 5.84 Å². The fraction of sp³-hybridized carbons (Fsp3) is 0.300. The van der Waals surface area contributed by atoms with Gasteiger partial charge in [0, 0.05) is 18.0 Å². The van der Waals surface area contributed by atoms with Crippen LogP contribution in [0.3, 0.4) is 0 Å². The third-order valence-corrected chi connectivity index (χ3v) is 3.74. The second kappa shape index (κ2) is 8.39. The summed E-state index contributed by atoms with van der Waals surface area (Å²) in [5.74, 6) is 0.0625. The smallest absolute Gasteiger partial charge is 0.129 e. The predicted molar refractivity (Wildman–Crippen MR) is 100 cm³/mol. The molecule has 3 nitrogen and oxygen atoms in total. The third-order valence-electron chi connectivity index (χ3n) is 3.74. The third kappa shape index (κ3) is 4.28. The molecule has 0 radical (unpaired) electrons. The summed E-state index contributed by atoms with van der Waals surface area (Å²) in [5, 5.41) is 0. The Morgan fingerprint density at radius 3 is 2.21 bits per heavy atom. The minimum absolute atomic E-state index is 0.326. The molecule has 0 saturated carbocycles. The summed E-state index contributed by atoms with van der Waals surface area (Å²) in [5.41, 5.74) is 7.88. The second-order valence-corrected chi connectivity index (χ2v) is 5.54. The van der Waals surface area contributed by atoms with Gasteiger partial charge in [-0.15, -0.1) is 0 Å². The highest BCUT2D eigenvalue weighted by Gasteiger charge is 2.30. The molecular formula is C20H26FN3. The molecule has 0 saturated heterocycles. The molecule has 0 bridgehead atoms. The number of aromatic nitrogens is 1. The van der Waals surface area contributed by atoms with Gasteiger partial charge in [0.25, 0.3) is 0 Å². The molecule has 0 aliphatic rings. The van der Waals surface area contributed by atoms with Gasteiger partial charge in [-0.05, 0) is 61.7 Å². The quantitative estimate of drug-likeness (QED) is 0.483. The van der Waals surface area contributed by atoms with E-state index in [1.165, 1.54) is 6.07 Å². The standard InChI is InChI=1S/C18H20FN3.C2H6/c1-12(2)18(4,22-13(3)20)16-11-15(5-6-17(16)19)14-7-9-21-10-8-14;1-2/h5-11H,1H2,2-4H3,(H2,20,22);1-2H3. The average Bonchev–Trinajstić information content (AvgIpc) is 2.57. The van der Waals surface area contributed by atoms with Crippen LogP contribution in [0.4, 0.5) is 4.39 Å². The van der Waals surface area contributed by atoms with E-state index in [0.29, 0.717) is 11.4 Å². The lowest BCUT2D eigenvalue weighted by Crippen LogP contribution is -2.25. The molecule has 24 heavy (non-hydrogen) atoms. The Bertz CT molecular complexity index is 719. The maximum atomic E-state index is 14.4. The molecule has 0 aliphatic carbocycles. The molecule has 1 heterocycles. The highest BCUT2D eigenvalue weighted by Crippen LogP contribution is 2.36. The van der Waals surface area contributed by atoms with Crippen LogP contribution in [0.5, 0.6) is 0 Å². The molecule has 0 amide bonds. The van der Waals surface area contributed by atoms with E-state index in [9.17, 15) is 4.39 Å². The van der Waals surface area contributed by atoms with Crippen LogP contribution in [0.1, 0.15) is 40.2 Å². The molecule has 1 unspecified atom stereocenters. The molecule has 2 aromatic rings. The number of nitrogens with two attached hydrogens (primary N) is 1. The molecule has 0 fully saturated rings. The molecule has 2 rings (SSSR count). The number of rotatable bonds is 4. The predicted octanol–water partition coefficient (Wildman–Crippen LogP) is 5.08. The summed E-state index contributed by atoms with van der Waals surface area (Å²) < 4.78 is 14.4. The van der Waals surface area contributed by atoms with Crippen molar-refractivity contribution in [1.82, 2.24) is 4.98 Å². The lowest BCUT2D eigenvalue weighted by Gasteiger charge is -2.28. The van der Waals surface area contributed by atoms with Gasteiger partial charge in [-0.25, -0.2) is 4.39 Å². The van der Waals surface area contributed by atoms with Crippen molar-refractivity contribution in [3.8, 4) is 11.1 Å². The van der Waals surface area contributed by atoms with Crippen molar-refractivity contribution in [2.45, 2.75) is 40.2 Å². The molecule has 1 atom stereocenters. The van der Waals surface area contributed by atoms with Gasteiger partial charge in [-0.3, -0.25) is 9.98 Å². The summed E-state index contributed by atoms with van der Waals surface area (Å²) in [4.78, 5) is 8.42. The molecule has 4 heteroatoms. The Kier molecular flexibility index (Phi) is 6.83. The van der Waals surface area contributed by atoms with Crippen molar-refractivity contribution in [3.05, 3.63) is 66.3 Å². The van der Waals surface area contributed by atoms with E-state index in [4.69, 9.17) is 5.73 Å². The van der Waals surface area contributed by atoms with Crippen LogP contribution in [0.25, 0.3) is 11.1 Å². The Morgan fingerprint density at radius 2 is 1.71 bits per heavy atom. The highest BCUT2D eigenvalue weighted by molar-refractivity contribution is 5.78. The first kappa shape index (κ1) is 19.6. The van der Waals surface area contributed by atoms with Crippen LogP contribution in [-0.4, -0.2) is 10.8 Å². The van der Waals surface area contributed by atoms with Gasteiger partial charge < -0.3 is 5.73 Å². The first-order valence-electron chi connectivity index (χ1n) is 8.03. The number of benzene rings is 1. The van der Waals surface area contributed by atoms with Gasteiger partial charge in [-0.1, -0.05) is 26.5 Å². The first-order chi connectivity index (χ1) is 11.3. The Hall–Kier alpha value is -2.49. The van der Waals surface area contributed by atoms with Crippen molar-refractivity contribution in [3.63, 3.8) is 0 Å². The lowest BCUT2D eigenvalue weighted by atomic mass is 9.84. The van der Waals surface area contributed by atoms with Gasteiger partial charge in [0.1, 0.15) is 11.4 Å². The Labute approximate surface area is 144 Å². The van der Waals surface area contributed by atoms with E-state index < -0.39 is 5.54 Å². The summed E-state index contributed by atoms with van der Waals surface area (Å²) in [6, 6.07) is 8.75. The summed E-state index contributed by atoms with van der Waals surface area (Å²) in [7, 11) is 0. The van der Waals surface area contributed by atoms with Gasteiger partial charge in [0.05, 0.1) is 5.84 Å². The van der Waals surface area contributed by atoms with Gasteiger partial charge in [-0.2, -0.15) is 0 Å². The fourth-order valence-electron chi connectivity index (χ4n) is 2.36. The minimum Gasteiger partial charge on any atom is -0.388 e. The number of hydrogen-bond acceptors (Lipinski definition) is 2. The van der Waals surface area contributed by atoms with E-state index >= 15 is 0 Å². The maximum Gasteiger partial charge on any atom is 0.129 e. The molecule has 2 N–H and O–H groups in total. The van der Waals surface area contributed by atoms with E-state index in [-0.39, 0.29) is 5.82 Å². The SMILES string of the molecule is C=C(C)C(C)(N=C(C)N)c1cc(-c2ccncc2)ccc1F.CC. The van der Waals surface area contributed by atoms with Gasteiger partial charge in [0.2, 0.25) is 0 Å². The van der Waals surface area contributed by atoms with Crippen molar-refractivity contribution < 1.29 is 4.39 Å². The Morgan fingerprint density at radius 1 is 1.12 bits per heavy atom. The van der Waals surface area contributed by atoms with Crippen molar-refractivity contribution in [2.75, 3.05) is 0 Å². The maximum absolute atomic E-state index is 14.4. The summed E-state index contributed by atoms with van der Waals surface area (Å²) >= 11 is 0. The van der Waals surface area contributed by atoms with E-state index in [1.807, 2.05) is 39.8 Å². The average molecular weight is 327 g/mol. The molecule has 128 valence electrons. The van der Waals surface area contributed by atoms with Crippen LogP contribution in [-0.2, 0) is 5.54 Å². The van der Waals surface area contributed by atoms with Crippen LogP contribution >= 0.6 is 0 Å². The number of hydrogen-bond donors (Lipinski definition) is 1. The summed E-state index contributed by atoms with van der Waals surface area (Å²) in [6.07, 6.45) is 3.41. The lowest BCUT2D eigenvalue weighted by molar-refractivity contribution is 0.526. The number of pyridine rings is 1. The monoisotopic (exact) mass is 327 g/mol. The van der Waals surface area contributed by atoms with E-state index in [1.54, 1.807) is 31.5 Å². The highest BCUT2D eigenvalue weighted by atomic mass is 19.1. The van der Waals surface area contributed by atoms with Crippen molar-refractivity contribution in [1.29, 1.82) is 0 Å². The zero-order chi connectivity index (χ0) is 18.3. The zero-order valence-electron chi connectivity index (χ0n) is 15.1. The van der Waals surface area contributed by atoms with Crippen LogP contribution in [0, 0.1) is 5.82 Å². The van der Waals surface area contributed by atoms with Crippen LogP contribution in [0.15, 0.2) is 59.9 Å². The van der Waals surface area contributed by atoms with Gasteiger partial charge >= 0.3 is 0 Å². The largest absolute Gasteiger partial charge is 0.388 e. The normalized spacial score (nSPS) is 13.5. The molecular weight excluding hydrogens is 301 g/mol. The summed E-state index contributed by atoms with van der Waals surface area (Å²) in [6.45, 7) is 13.3. The van der Waals surface area contributed by atoms with E-state index in [2.05, 4.69) is 16.6 Å². The van der Waals surface area contributed by atoms with E-state index in [0.717, 1.165) is 16.7 Å². The molecule has 1 aromatic carbocycles. The number of nitrogens with zero attached hydrogens (tertiary/aromatic N) is 2. The fourth-order valence-corrected chi connectivity index (χ4v) is 2.36. The number of halogens is 1. The Balaban J connectivity index is 0.00000139. The molecule has 0 aliphatic heterocycles. The van der Waals surface area contributed by atoms with Gasteiger partial charge in [0.15, 0.2) is 0 Å². The minimum atomic E-state index is -0.897. The van der Waals surface area contributed by atoms with Crippen LogP contribution in [0.2, 0.25) is 0 Å². The molecule has 0 spiro atoms. The number of amidine groups is 1. The first-order valence-corrected chi connectivity index (χ1v) is 8.03. The number of aliphatic imine (C=N–C) groups is 1. The zero-order valence-corrected chi connectivity index (χ0v) is 15.1. The second-order valence-electron chi connectivity index (χ2n) is 5.54. The van der Waals surface area contributed by atoms with Crippen molar-refractivity contribution in [2.24, 2.45) is 10.7 Å². The van der Waals surface area contributed by atoms with Crippen LogP contribution < -0.4 is 5.73 Å². The topological polar surface area (TPSA) is 51.3 Å².